The smallest absolute Gasteiger partial charge is 0.218 e. The van der Waals surface area contributed by atoms with E-state index in [1.165, 1.54) is 44.2 Å². The van der Waals surface area contributed by atoms with Crippen LogP contribution >= 0.6 is 0 Å². The molecule has 3 aliphatic rings. The van der Waals surface area contributed by atoms with E-state index in [2.05, 4.69) is 154 Å². The summed E-state index contributed by atoms with van der Waals surface area (Å²) in [6.07, 6.45) is 7.60. The minimum atomic E-state index is -0.636. The van der Waals surface area contributed by atoms with Crippen molar-refractivity contribution in [3.05, 3.63) is 179 Å². The molecule has 10 rings (SSSR count). The van der Waals surface area contributed by atoms with Crippen LogP contribution in [0.2, 0.25) is 0 Å². The molecule has 0 spiro atoms. The van der Waals surface area contributed by atoms with Crippen LogP contribution in [0, 0.1) is 0 Å². The monoisotopic (exact) mass is 716 g/mol. The highest BCUT2D eigenvalue weighted by atomic mass is 16.5. The first-order valence-corrected chi connectivity index (χ1v) is 18.9. The third-order valence-corrected chi connectivity index (χ3v) is 11.1. The van der Waals surface area contributed by atoms with Gasteiger partial charge in [-0.05, 0) is 107 Å². The quantitative estimate of drug-likeness (QED) is 0.172. The number of rotatable bonds is 6. The molecule has 0 saturated heterocycles. The van der Waals surface area contributed by atoms with E-state index in [1.807, 2.05) is 24.8 Å². The van der Waals surface area contributed by atoms with Gasteiger partial charge in [0.2, 0.25) is 11.8 Å². The standard InChI is InChI=1S/C49H40N4O2/c1-47(2)29-54-45(52-47)34-21-32(25-50-27-34)31-19-20-40-42(23-31)49(36-13-7-5-8-14-36,37-15-9-6-10-16-37)43-24-41(38-17-11-12-18-39(38)44(40)43)33-22-35(28-51-26-33)46-53-48(3,4)30-55-46/h5-28H,29-30H2,1-4H3. The van der Waals surface area contributed by atoms with Crippen LogP contribution in [-0.4, -0.2) is 46.1 Å². The zero-order valence-corrected chi connectivity index (χ0v) is 31.4. The Kier molecular flexibility index (Phi) is 7.43. The van der Waals surface area contributed by atoms with Gasteiger partial charge in [-0.25, -0.2) is 9.98 Å². The predicted molar refractivity (Wildman–Crippen MR) is 221 cm³/mol. The van der Waals surface area contributed by atoms with Gasteiger partial charge >= 0.3 is 0 Å². The van der Waals surface area contributed by atoms with E-state index in [4.69, 9.17) is 24.4 Å². The number of hydrogen-bond donors (Lipinski definition) is 0. The predicted octanol–water partition coefficient (Wildman–Crippen LogP) is 10.4. The molecule has 0 saturated carbocycles. The molecule has 2 aliphatic heterocycles. The zero-order chi connectivity index (χ0) is 37.4. The summed E-state index contributed by atoms with van der Waals surface area (Å²) in [7, 11) is 0. The highest BCUT2D eigenvalue weighted by molar-refractivity contribution is 6.10. The van der Waals surface area contributed by atoms with E-state index in [0.29, 0.717) is 25.0 Å². The second kappa shape index (κ2) is 12.3. The fraction of sp³-hybridized carbons (Fsp3) is 0.184. The molecular formula is C49H40N4O2. The average molecular weight is 717 g/mol. The Labute approximate surface area is 321 Å². The van der Waals surface area contributed by atoms with E-state index in [9.17, 15) is 0 Å². The van der Waals surface area contributed by atoms with Crippen LogP contribution in [-0.2, 0) is 14.9 Å². The minimum Gasteiger partial charge on any atom is -0.475 e. The van der Waals surface area contributed by atoms with Crippen LogP contribution in [0.3, 0.4) is 0 Å². The number of aromatic nitrogens is 2. The van der Waals surface area contributed by atoms with E-state index >= 15 is 0 Å². The van der Waals surface area contributed by atoms with Gasteiger partial charge in [0.1, 0.15) is 13.2 Å². The molecule has 0 amide bonds. The summed E-state index contributed by atoms with van der Waals surface area (Å²) in [6, 6.07) is 44.3. The summed E-state index contributed by atoms with van der Waals surface area (Å²) in [5.74, 6) is 1.28. The Morgan fingerprint density at radius 2 is 0.982 bits per heavy atom. The summed E-state index contributed by atoms with van der Waals surface area (Å²) in [5.41, 5.74) is 12.1. The highest BCUT2D eigenvalue weighted by Crippen LogP contribution is 2.59. The van der Waals surface area contributed by atoms with Gasteiger partial charge in [-0.3, -0.25) is 9.97 Å². The Bertz CT molecular complexity index is 2680. The molecule has 55 heavy (non-hydrogen) atoms. The number of benzene rings is 5. The third-order valence-electron chi connectivity index (χ3n) is 11.1. The van der Waals surface area contributed by atoms with Gasteiger partial charge < -0.3 is 9.47 Å². The van der Waals surface area contributed by atoms with Crippen molar-refractivity contribution in [2.45, 2.75) is 44.2 Å². The van der Waals surface area contributed by atoms with Crippen molar-refractivity contribution in [2.75, 3.05) is 13.2 Å². The third kappa shape index (κ3) is 5.38. The molecule has 6 nitrogen and oxygen atoms in total. The largest absolute Gasteiger partial charge is 0.475 e. The second-order valence-electron chi connectivity index (χ2n) is 16.1. The lowest BCUT2D eigenvalue weighted by atomic mass is 9.67. The van der Waals surface area contributed by atoms with Crippen molar-refractivity contribution < 1.29 is 9.47 Å². The molecule has 0 radical (unpaired) electrons. The van der Waals surface area contributed by atoms with Crippen molar-refractivity contribution in [2.24, 2.45) is 9.98 Å². The molecule has 6 heteroatoms. The molecule has 0 unspecified atom stereocenters. The Hall–Kier alpha value is -6.40. The number of nitrogens with zero attached hydrogens (tertiary/aromatic N) is 4. The van der Waals surface area contributed by atoms with Gasteiger partial charge in [-0.15, -0.1) is 0 Å². The number of aliphatic imine (C=N–C) groups is 2. The number of pyridine rings is 2. The Balaban J connectivity index is 1.25. The van der Waals surface area contributed by atoms with Gasteiger partial charge in [0.25, 0.3) is 0 Å². The van der Waals surface area contributed by atoms with Crippen LogP contribution < -0.4 is 0 Å². The maximum atomic E-state index is 6.08. The first kappa shape index (κ1) is 33.2. The topological polar surface area (TPSA) is 69.0 Å². The van der Waals surface area contributed by atoms with Crippen LogP contribution in [0.25, 0.3) is 44.2 Å². The van der Waals surface area contributed by atoms with Gasteiger partial charge in [0, 0.05) is 35.9 Å². The number of hydrogen-bond acceptors (Lipinski definition) is 6. The van der Waals surface area contributed by atoms with Crippen molar-refractivity contribution in [3.8, 4) is 33.4 Å². The molecule has 268 valence electrons. The van der Waals surface area contributed by atoms with E-state index in [1.54, 1.807) is 0 Å². The number of ether oxygens (including phenoxy) is 2. The molecule has 0 atom stereocenters. The van der Waals surface area contributed by atoms with Crippen molar-refractivity contribution in [1.29, 1.82) is 0 Å². The fourth-order valence-corrected chi connectivity index (χ4v) is 8.65. The maximum Gasteiger partial charge on any atom is 0.218 e. The normalized spacial score (nSPS) is 17.2. The minimum absolute atomic E-state index is 0.260. The molecule has 1 aliphatic carbocycles. The molecule has 0 N–H and O–H groups in total. The summed E-state index contributed by atoms with van der Waals surface area (Å²) in [4.78, 5) is 19.2. The van der Waals surface area contributed by atoms with Crippen LogP contribution in [0.15, 0.2) is 156 Å². The van der Waals surface area contributed by atoms with Crippen LogP contribution in [0.5, 0.6) is 0 Å². The molecule has 7 aromatic rings. The van der Waals surface area contributed by atoms with Crippen molar-refractivity contribution >= 4 is 22.6 Å². The molecule has 5 aromatic carbocycles. The first-order valence-electron chi connectivity index (χ1n) is 18.9. The van der Waals surface area contributed by atoms with Crippen LogP contribution in [0.4, 0.5) is 0 Å². The Morgan fingerprint density at radius 1 is 0.455 bits per heavy atom. The molecule has 4 heterocycles. The lowest BCUT2D eigenvalue weighted by molar-refractivity contribution is 0.279. The summed E-state index contributed by atoms with van der Waals surface area (Å²) in [5, 5.41) is 2.36. The summed E-state index contributed by atoms with van der Waals surface area (Å²) in [6.45, 7) is 9.46. The zero-order valence-electron chi connectivity index (χ0n) is 31.4. The molecule has 2 aromatic heterocycles. The van der Waals surface area contributed by atoms with E-state index in [-0.39, 0.29) is 11.1 Å². The second-order valence-corrected chi connectivity index (χ2v) is 16.1. The van der Waals surface area contributed by atoms with Gasteiger partial charge in [0.15, 0.2) is 0 Å². The SMILES string of the molecule is CC1(C)COC(c2cncc(-c3ccc4c(c3)C(c3ccccc3)(c3ccccc3)c3cc(-c5cncc(C6=NC(C)(C)CO6)c5)c5ccccc5c3-4)c2)=N1. The van der Waals surface area contributed by atoms with Crippen LogP contribution in [0.1, 0.15) is 61.1 Å². The highest BCUT2D eigenvalue weighted by Gasteiger charge is 2.47. The van der Waals surface area contributed by atoms with E-state index in [0.717, 1.165) is 33.4 Å². The van der Waals surface area contributed by atoms with E-state index < -0.39 is 5.41 Å². The van der Waals surface area contributed by atoms with Gasteiger partial charge in [-0.2, -0.15) is 0 Å². The maximum absolute atomic E-state index is 6.08. The summed E-state index contributed by atoms with van der Waals surface area (Å²) >= 11 is 0. The lowest BCUT2D eigenvalue weighted by Crippen LogP contribution is -2.28. The van der Waals surface area contributed by atoms with Crippen molar-refractivity contribution in [1.82, 2.24) is 9.97 Å². The Morgan fingerprint density at radius 3 is 1.56 bits per heavy atom. The lowest BCUT2D eigenvalue weighted by Gasteiger charge is -2.34. The van der Waals surface area contributed by atoms with Crippen molar-refractivity contribution in [3.63, 3.8) is 0 Å². The number of fused-ring (bicyclic) bond motifs is 5. The molecular weight excluding hydrogens is 677 g/mol. The van der Waals surface area contributed by atoms with Gasteiger partial charge in [-0.1, -0.05) is 97.1 Å². The van der Waals surface area contributed by atoms with Gasteiger partial charge in [0.05, 0.1) is 27.6 Å². The fourth-order valence-electron chi connectivity index (χ4n) is 8.65. The molecule has 0 fully saturated rings. The first-order chi connectivity index (χ1) is 26.7. The summed E-state index contributed by atoms with van der Waals surface area (Å²) < 4.78 is 12.1. The molecule has 0 bridgehead atoms. The average Bonchev–Trinajstić information content (AvgIpc) is 3.88.